The minimum absolute atomic E-state index is 0.0236. The second-order valence-corrected chi connectivity index (χ2v) is 6.41. The molecule has 6 nitrogen and oxygen atoms in total. The smallest absolute Gasteiger partial charge is 0.407 e. The molecule has 1 aliphatic rings. The van der Waals surface area contributed by atoms with E-state index < -0.39 is 18.1 Å². The topological polar surface area (TPSA) is 106 Å². The van der Waals surface area contributed by atoms with Crippen molar-refractivity contribution < 1.29 is 25.2 Å². The van der Waals surface area contributed by atoms with Crippen molar-refractivity contribution in [3.8, 4) is 11.1 Å². The van der Waals surface area contributed by atoms with Crippen LogP contribution in [0.4, 0.5) is 4.79 Å². The summed E-state index contributed by atoms with van der Waals surface area (Å²) in [4.78, 5) is 22.5. The molecule has 0 heterocycles. The lowest BCUT2D eigenvalue weighted by Gasteiger charge is -2.15. The molecule has 26 heavy (non-hydrogen) atoms. The Morgan fingerprint density at radius 3 is 2.23 bits per heavy atom. The molecule has 2 aromatic rings. The number of hydrogen-bond acceptors (Lipinski definition) is 4. The number of carbonyl (C=O) groups excluding carboxylic acids is 2. The maximum absolute atomic E-state index is 11.9. The minimum atomic E-state index is -1.17. The zero-order chi connectivity index (χ0) is 18.5. The molecule has 1 atom stereocenters. The van der Waals surface area contributed by atoms with Crippen LogP contribution in [0.2, 0.25) is 0 Å². The van der Waals surface area contributed by atoms with E-state index in [9.17, 15) is 14.7 Å². The van der Waals surface area contributed by atoms with Gasteiger partial charge >= 0.3 is 6.09 Å². The lowest BCUT2D eigenvalue weighted by Crippen LogP contribution is -2.68. The average molecular weight is 354 g/mol. The fraction of sp³-hybridized carbons (Fsp3) is 0.300. The summed E-state index contributed by atoms with van der Waals surface area (Å²) >= 11 is 0. The second-order valence-electron chi connectivity index (χ2n) is 6.41. The van der Waals surface area contributed by atoms with Gasteiger partial charge in [-0.05, 0) is 28.7 Å². The van der Waals surface area contributed by atoms with E-state index in [1.165, 1.54) is 11.1 Å². The van der Waals surface area contributed by atoms with Crippen molar-refractivity contribution in [2.75, 3.05) is 13.2 Å². The van der Waals surface area contributed by atoms with Crippen molar-refractivity contribution in [3.63, 3.8) is 0 Å². The first-order valence-corrected chi connectivity index (χ1v) is 8.70. The van der Waals surface area contributed by atoms with E-state index in [0.717, 1.165) is 11.1 Å². The third-order valence-corrected chi connectivity index (χ3v) is 4.68. The van der Waals surface area contributed by atoms with Crippen LogP contribution in [-0.4, -0.2) is 31.3 Å². The number of quaternary nitrogens is 1. The van der Waals surface area contributed by atoms with Gasteiger partial charge in [-0.25, -0.2) is 4.79 Å². The van der Waals surface area contributed by atoms with Crippen molar-refractivity contribution in [3.05, 3.63) is 59.7 Å². The van der Waals surface area contributed by atoms with Crippen molar-refractivity contribution in [2.45, 2.75) is 24.8 Å². The molecule has 0 aromatic heterocycles. The molecule has 0 saturated carbocycles. The monoisotopic (exact) mass is 354 g/mol. The number of hydrogen-bond donors (Lipinski definition) is 2. The molecule has 1 amide bonds. The minimum Gasteiger partial charge on any atom is -0.544 e. The molecule has 0 saturated heterocycles. The summed E-state index contributed by atoms with van der Waals surface area (Å²) < 4.78 is 5.40. The Labute approximate surface area is 152 Å². The zero-order valence-electron chi connectivity index (χ0n) is 14.4. The molecule has 0 fully saturated rings. The van der Waals surface area contributed by atoms with E-state index in [0.29, 0.717) is 19.4 Å². The molecule has 3 rings (SSSR count). The van der Waals surface area contributed by atoms with Crippen LogP contribution in [-0.2, 0) is 9.53 Å². The number of carbonyl (C=O) groups is 2. The number of amides is 1. The van der Waals surface area contributed by atoms with Crippen LogP contribution in [0.1, 0.15) is 29.9 Å². The van der Waals surface area contributed by atoms with Gasteiger partial charge in [0.1, 0.15) is 12.6 Å². The summed E-state index contributed by atoms with van der Waals surface area (Å²) in [7, 11) is 0. The first-order valence-electron chi connectivity index (χ1n) is 8.70. The molecule has 0 spiro atoms. The standard InChI is InChI=1S/C20H22N2O4/c21-18(19(23)24)10-5-11-22-20(25)26-12-17-15-8-3-1-6-13(15)14-7-2-4-9-16(14)17/h1-4,6-9,17-18H,5,10-12,21H2,(H,22,25)(H,23,24)/t18-/m0/s1. The summed E-state index contributed by atoms with van der Waals surface area (Å²) in [5, 5.41) is 13.2. The molecule has 1 aliphatic carbocycles. The van der Waals surface area contributed by atoms with E-state index >= 15 is 0 Å². The normalized spacial score (nSPS) is 13.6. The highest BCUT2D eigenvalue weighted by atomic mass is 16.5. The molecular weight excluding hydrogens is 332 g/mol. The number of carboxylic acids is 1. The number of alkyl carbamates (subject to hydrolysis) is 1. The fourth-order valence-electron chi connectivity index (χ4n) is 3.31. The SMILES string of the molecule is [NH3+][C@@H](CCCNC(=O)OCC1c2ccccc2-c2ccccc21)C(=O)[O-]. The maximum Gasteiger partial charge on any atom is 0.407 e. The number of benzene rings is 2. The van der Waals surface area contributed by atoms with Crippen LogP contribution >= 0.6 is 0 Å². The summed E-state index contributed by atoms with van der Waals surface area (Å²) in [5.41, 5.74) is 8.17. The quantitative estimate of drug-likeness (QED) is 0.713. The van der Waals surface area contributed by atoms with Crippen molar-refractivity contribution in [1.82, 2.24) is 5.32 Å². The van der Waals surface area contributed by atoms with Gasteiger partial charge in [0.25, 0.3) is 0 Å². The van der Waals surface area contributed by atoms with Gasteiger partial charge in [-0.1, -0.05) is 48.5 Å². The number of fused-ring (bicyclic) bond motifs is 3. The third kappa shape index (κ3) is 3.86. The molecule has 2 aromatic carbocycles. The van der Waals surface area contributed by atoms with E-state index in [2.05, 4.69) is 35.3 Å². The first kappa shape index (κ1) is 17.9. The first-order chi connectivity index (χ1) is 12.6. The molecule has 0 radical (unpaired) electrons. The van der Waals surface area contributed by atoms with E-state index in [1.54, 1.807) is 0 Å². The van der Waals surface area contributed by atoms with Crippen LogP contribution in [0.5, 0.6) is 0 Å². The predicted octanol–water partition coefficient (Wildman–Crippen LogP) is 0.666. The number of aliphatic carboxylic acids is 1. The Kier molecular flexibility index (Phi) is 5.53. The van der Waals surface area contributed by atoms with E-state index in [4.69, 9.17) is 4.74 Å². The number of rotatable bonds is 7. The molecule has 0 aliphatic heterocycles. The Morgan fingerprint density at radius 1 is 1.08 bits per heavy atom. The Hall–Kier alpha value is -2.86. The Bertz CT molecular complexity index is 760. The van der Waals surface area contributed by atoms with Crippen LogP contribution < -0.4 is 16.2 Å². The van der Waals surface area contributed by atoms with Gasteiger partial charge in [-0.3, -0.25) is 0 Å². The lowest BCUT2D eigenvalue weighted by atomic mass is 9.98. The van der Waals surface area contributed by atoms with Crippen LogP contribution in [0, 0.1) is 0 Å². The van der Waals surface area contributed by atoms with Crippen molar-refractivity contribution in [2.24, 2.45) is 0 Å². The highest BCUT2D eigenvalue weighted by molar-refractivity contribution is 5.79. The van der Waals surface area contributed by atoms with Crippen LogP contribution in [0.15, 0.2) is 48.5 Å². The van der Waals surface area contributed by atoms with Gasteiger partial charge < -0.3 is 25.7 Å². The van der Waals surface area contributed by atoms with Gasteiger partial charge in [-0.15, -0.1) is 0 Å². The number of ether oxygens (including phenoxy) is 1. The van der Waals surface area contributed by atoms with Crippen LogP contribution in [0.3, 0.4) is 0 Å². The average Bonchev–Trinajstić information content (AvgIpc) is 2.97. The van der Waals surface area contributed by atoms with E-state index in [1.807, 2.05) is 24.3 Å². The zero-order valence-corrected chi connectivity index (χ0v) is 14.4. The molecular formula is C20H22N2O4. The van der Waals surface area contributed by atoms with Crippen LogP contribution in [0.25, 0.3) is 11.1 Å². The third-order valence-electron chi connectivity index (χ3n) is 4.68. The lowest BCUT2D eigenvalue weighted by molar-refractivity contribution is -0.438. The summed E-state index contributed by atoms with van der Waals surface area (Å²) in [6.45, 7) is 0.604. The number of carboxylic acid groups (broad SMARTS) is 1. The van der Waals surface area contributed by atoms with E-state index in [-0.39, 0.29) is 12.5 Å². The summed E-state index contributed by atoms with van der Waals surface area (Å²) in [6.07, 6.45) is 0.360. The highest BCUT2D eigenvalue weighted by Gasteiger charge is 2.28. The van der Waals surface area contributed by atoms with Gasteiger partial charge in [0.05, 0.1) is 5.97 Å². The van der Waals surface area contributed by atoms with Gasteiger partial charge in [0, 0.05) is 18.9 Å². The highest BCUT2D eigenvalue weighted by Crippen LogP contribution is 2.44. The van der Waals surface area contributed by atoms with Gasteiger partial charge in [0.15, 0.2) is 0 Å². The molecule has 6 heteroatoms. The molecule has 0 unspecified atom stereocenters. The van der Waals surface area contributed by atoms with Crippen molar-refractivity contribution in [1.29, 1.82) is 0 Å². The Morgan fingerprint density at radius 2 is 1.65 bits per heavy atom. The van der Waals surface area contributed by atoms with Crippen molar-refractivity contribution >= 4 is 12.1 Å². The summed E-state index contributed by atoms with van der Waals surface area (Å²) in [5.74, 6) is -1.15. The second kappa shape index (κ2) is 8.01. The van der Waals surface area contributed by atoms with Gasteiger partial charge in [-0.2, -0.15) is 0 Å². The Balaban J connectivity index is 1.53. The molecule has 0 bridgehead atoms. The largest absolute Gasteiger partial charge is 0.544 e. The maximum atomic E-state index is 11.9. The molecule has 4 N–H and O–H groups in total. The number of nitrogens with one attached hydrogen (secondary N) is 1. The summed E-state index contributed by atoms with van der Waals surface area (Å²) in [6, 6.07) is 15.5. The molecule has 136 valence electrons. The van der Waals surface area contributed by atoms with Gasteiger partial charge in [0.2, 0.25) is 0 Å². The fourth-order valence-corrected chi connectivity index (χ4v) is 3.31. The predicted molar refractivity (Wildman–Crippen MR) is 94.0 cm³/mol.